The molecule has 0 saturated heterocycles. The van der Waals surface area contributed by atoms with E-state index in [9.17, 15) is 0 Å². The van der Waals surface area contributed by atoms with Crippen molar-refractivity contribution in [1.29, 1.82) is 0 Å². The Morgan fingerprint density at radius 3 is 2.45 bits per heavy atom. The molecule has 2 aromatic carbocycles. The summed E-state index contributed by atoms with van der Waals surface area (Å²) in [6.45, 7) is 2.11. The van der Waals surface area contributed by atoms with Crippen LogP contribution < -0.4 is 10.5 Å². The first-order valence-electron chi connectivity index (χ1n) is 6.88. The highest BCUT2D eigenvalue weighted by Crippen LogP contribution is 2.27. The summed E-state index contributed by atoms with van der Waals surface area (Å²) in [6, 6.07) is 16.4. The fourth-order valence-corrected chi connectivity index (χ4v) is 2.38. The topological polar surface area (TPSA) is 35.2 Å². The number of nitrogens with two attached hydrogens (primary N) is 1. The first-order valence-corrected chi connectivity index (χ1v) is 8.10. The van der Waals surface area contributed by atoms with Gasteiger partial charge in [0.1, 0.15) is 11.5 Å². The third kappa shape index (κ3) is 4.02. The van der Waals surface area contributed by atoms with Gasteiger partial charge in [-0.25, -0.2) is 0 Å². The maximum atomic E-state index is 6.05. The van der Waals surface area contributed by atoms with Crippen molar-refractivity contribution in [3.63, 3.8) is 0 Å². The number of hydrogen-bond acceptors (Lipinski definition) is 3. The normalized spacial score (nSPS) is 12.2. The Morgan fingerprint density at radius 2 is 1.80 bits per heavy atom. The number of benzene rings is 2. The summed E-state index contributed by atoms with van der Waals surface area (Å²) >= 11 is 1.73. The van der Waals surface area contributed by atoms with Gasteiger partial charge < -0.3 is 10.5 Å². The first kappa shape index (κ1) is 14.9. The van der Waals surface area contributed by atoms with Gasteiger partial charge in [0.15, 0.2) is 0 Å². The first-order chi connectivity index (χ1) is 9.72. The smallest absolute Gasteiger partial charge is 0.130 e. The van der Waals surface area contributed by atoms with Crippen LogP contribution in [0.3, 0.4) is 0 Å². The molecule has 1 unspecified atom stereocenters. The second-order valence-electron chi connectivity index (χ2n) is 4.76. The van der Waals surface area contributed by atoms with Crippen molar-refractivity contribution in [3.8, 4) is 11.5 Å². The predicted octanol–water partition coefficient (Wildman–Crippen LogP) is 4.48. The van der Waals surface area contributed by atoms with Gasteiger partial charge in [-0.15, -0.1) is 11.8 Å². The van der Waals surface area contributed by atoms with Gasteiger partial charge in [0.05, 0.1) is 0 Å². The summed E-state index contributed by atoms with van der Waals surface area (Å²) in [6.07, 6.45) is 3.88. The molecule has 0 aliphatic rings. The Morgan fingerprint density at radius 1 is 1.10 bits per heavy atom. The molecule has 0 spiro atoms. The molecule has 2 aromatic rings. The Hall–Kier alpha value is -1.45. The number of hydrogen-bond donors (Lipinski definition) is 1. The number of thioether (sulfide) groups is 1. The second-order valence-corrected chi connectivity index (χ2v) is 5.64. The van der Waals surface area contributed by atoms with Gasteiger partial charge in [0.25, 0.3) is 0 Å². The molecular formula is C17H21NOS. The summed E-state index contributed by atoms with van der Waals surface area (Å²) in [7, 11) is 0. The minimum absolute atomic E-state index is 0.179. The third-order valence-corrected chi connectivity index (χ3v) is 4.01. The molecule has 0 saturated carbocycles. The van der Waals surface area contributed by atoms with Crippen LogP contribution in [-0.4, -0.2) is 12.3 Å². The lowest BCUT2D eigenvalue weighted by Crippen LogP contribution is -2.21. The van der Waals surface area contributed by atoms with E-state index in [0.29, 0.717) is 0 Å². The molecule has 106 valence electrons. The van der Waals surface area contributed by atoms with Gasteiger partial charge in [0.2, 0.25) is 0 Å². The highest BCUT2D eigenvalue weighted by molar-refractivity contribution is 7.98. The SMILES string of the molecule is CCC(N)Cc1ccccc1Oc1ccc(SC)cc1. The monoisotopic (exact) mass is 287 g/mol. The van der Waals surface area contributed by atoms with E-state index in [0.717, 1.165) is 29.9 Å². The highest BCUT2D eigenvalue weighted by atomic mass is 32.2. The van der Waals surface area contributed by atoms with Crippen LogP contribution in [0.4, 0.5) is 0 Å². The number of ether oxygens (including phenoxy) is 1. The lowest BCUT2D eigenvalue weighted by atomic mass is 10.0. The molecule has 20 heavy (non-hydrogen) atoms. The zero-order chi connectivity index (χ0) is 14.4. The second kappa shape index (κ2) is 7.36. The van der Waals surface area contributed by atoms with Crippen molar-refractivity contribution in [3.05, 3.63) is 54.1 Å². The molecule has 0 fully saturated rings. The maximum absolute atomic E-state index is 6.05. The molecule has 0 aliphatic heterocycles. The predicted molar refractivity (Wildman–Crippen MR) is 86.7 cm³/mol. The fraction of sp³-hybridized carbons (Fsp3) is 0.294. The molecule has 2 N–H and O–H groups in total. The molecule has 2 rings (SSSR count). The summed E-state index contributed by atoms with van der Waals surface area (Å²) in [5.74, 6) is 1.76. The van der Waals surface area contributed by atoms with E-state index >= 15 is 0 Å². The van der Waals surface area contributed by atoms with E-state index in [2.05, 4.69) is 31.4 Å². The van der Waals surface area contributed by atoms with E-state index in [4.69, 9.17) is 10.5 Å². The lowest BCUT2D eigenvalue weighted by molar-refractivity contribution is 0.471. The maximum Gasteiger partial charge on any atom is 0.130 e. The summed E-state index contributed by atoms with van der Waals surface area (Å²) in [4.78, 5) is 1.23. The lowest BCUT2D eigenvalue weighted by Gasteiger charge is -2.14. The van der Waals surface area contributed by atoms with Crippen LogP contribution in [0.25, 0.3) is 0 Å². The summed E-state index contributed by atoms with van der Waals surface area (Å²) in [5, 5.41) is 0. The van der Waals surface area contributed by atoms with Gasteiger partial charge in [-0.3, -0.25) is 0 Å². The van der Waals surface area contributed by atoms with Crippen LogP contribution in [0.1, 0.15) is 18.9 Å². The van der Waals surface area contributed by atoms with Crippen LogP contribution in [0.5, 0.6) is 11.5 Å². The average Bonchev–Trinajstić information content (AvgIpc) is 2.50. The van der Waals surface area contributed by atoms with Crippen LogP contribution in [0, 0.1) is 0 Å². The fourth-order valence-electron chi connectivity index (χ4n) is 1.97. The minimum Gasteiger partial charge on any atom is -0.457 e. The van der Waals surface area contributed by atoms with E-state index in [1.165, 1.54) is 4.90 Å². The Kier molecular flexibility index (Phi) is 5.50. The van der Waals surface area contributed by atoms with Crippen LogP contribution in [0.2, 0.25) is 0 Å². The zero-order valence-corrected chi connectivity index (χ0v) is 12.8. The van der Waals surface area contributed by atoms with Gasteiger partial charge in [-0.1, -0.05) is 25.1 Å². The summed E-state index contributed by atoms with van der Waals surface area (Å²) in [5.41, 5.74) is 7.21. The van der Waals surface area contributed by atoms with Crippen LogP contribution in [-0.2, 0) is 6.42 Å². The molecule has 2 nitrogen and oxygen atoms in total. The third-order valence-electron chi connectivity index (χ3n) is 3.27. The Labute approximate surface area is 125 Å². The van der Waals surface area contributed by atoms with E-state index in [1.54, 1.807) is 11.8 Å². The van der Waals surface area contributed by atoms with Crippen LogP contribution in [0.15, 0.2) is 53.4 Å². The molecule has 0 aromatic heterocycles. The van der Waals surface area contributed by atoms with E-state index < -0.39 is 0 Å². The zero-order valence-electron chi connectivity index (χ0n) is 12.0. The molecular weight excluding hydrogens is 266 g/mol. The Balaban J connectivity index is 2.15. The van der Waals surface area contributed by atoms with Crippen molar-refractivity contribution in [2.45, 2.75) is 30.7 Å². The van der Waals surface area contributed by atoms with Gasteiger partial charge in [-0.05, 0) is 55.0 Å². The Bertz CT molecular complexity index is 539. The van der Waals surface area contributed by atoms with Crippen LogP contribution >= 0.6 is 11.8 Å². The van der Waals surface area contributed by atoms with E-state index in [1.807, 2.05) is 30.3 Å². The van der Waals surface area contributed by atoms with Crippen molar-refractivity contribution >= 4 is 11.8 Å². The van der Waals surface area contributed by atoms with Crippen molar-refractivity contribution in [2.24, 2.45) is 5.73 Å². The number of rotatable bonds is 6. The van der Waals surface area contributed by atoms with Crippen molar-refractivity contribution < 1.29 is 4.74 Å². The van der Waals surface area contributed by atoms with Gasteiger partial charge >= 0.3 is 0 Å². The molecule has 1 atom stereocenters. The van der Waals surface area contributed by atoms with Gasteiger partial charge in [-0.2, -0.15) is 0 Å². The standard InChI is InChI=1S/C17H21NOS/c1-3-14(18)12-13-6-4-5-7-17(13)19-15-8-10-16(20-2)11-9-15/h4-11,14H,3,12,18H2,1-2H3. The van der Waals surface area contributed by atoms with Crippen molar-refractivity contribution in [1.82, 2.24) is 0 Å². The molecule has 0 radical (unpaired) electrons. The molecule has 0 bridgehead atoms. The quantitative estimate of drug-likeness (QED) is 0.796. The molecule has 0 amide bonds. The highest BCUT2D eigenvalue weighted by Gasteiger charge is 2.08. The van der Waals surface area contributed by atoms with Crippen molar-refractivity contribution in [2.75, 3.05) is 6.26 Å². The largest absolute Gasteiger partial charge is 0.457 e. The molecule has 0 aliphatic carbocycles. The average molecular weight is 287 g/mol. The molecule has 3 heteroatoms. The number of para-hydroxylation sites is 1. The molecule has 0 heterocycles. The van der Waals surface area contributed by atoms with Gasteiger partial charge in [0, 0.05) is 10.9 Å². The summed E-state index contributed by atoms with van der Waals surface area (Å²) < 4.78 is 5.99. The van der Waals surface area contributed by atoms with E-state index in [-0.39, 0.29) is 6.04 Å². The minimum atomic E-state index is 0.179.